The van der Waals surface area contributed by atoms with Crippen LogP contribution in [0.15, 0.2) is 30.6 Å². The Morgan fingerprint density at radius 1 is 1.27 bits per heavy atom. The van der Waals surface area contributed by atoms with E-state index in [2.05, 4.69) is 15.6 Å². The Balaban J connectivity index is 1.17. The number of halogens is 1. The summed E-state index contributed by atoms with van der Waals surface area (Å²) in [5.74, 6) is 0.170. The van der Waals surface area contributed by atoms with Gasteiger partial charge in [0.2, 0.25) is 0 Å². The third kappa shape index (κ3) is 4.44. The molecule has 176 valence electrons. The number of alkyl carbamates (subject to hydrolysis) is 1. The topological polar surface area (TPSA) is 102 Å². The second-order valence-electron chi connectivity index (χ2n) is 9.78. The van der Waals surface area contributed by atoms with Gasteiger partial charge in [-0.25, -0.2) is 18.7 Å². The van der Waals surface area contributed by atoms with Crippen LogP contribution in [0.4, 0.5) is 25.4 Å². The fourth-order valence-corrected chi connectivity index (χ4v) is 4.67. The highest BCUT2D eigenvalue weighted by molar-refractivity contribution is 5.90. The zero-order valence-corrected chi connectivity index (χ0v) is 18.8. The van der Waals surface area contributed by atoms with Crippen LogP contribution in [-0.2, 0) is 16.0 Å². The molecule has 3 fully saturated rings. The van der Waals surface area contributed by atoms with Gasteiger partial charge in [0.25, 0.3) is 0 Å². The molecule has 2 saturated heterocycles. The van der Waals surface area contributed by atoms with E-state index in [9.17, 15) is 14.0 Å². The van der Waals surface area contributed by atoms with Crippen molar-refractivity contribution in [1.29, 1.82) is 0 Å². The van der Waals surface area contributed by atoms with Gasteiger partial charge >= 0.3 is 12.2 Å². The Labute approximate surface area is 190 Å². The van der Waals surface area contributed by atoms with Crippen molar-refractivity contribution in [3.05, 3.63) is 36.4 Å². The summed E-state index contributed by atoms with van der Waals surface area (Å²) in [6.07, 6.45) is 1.94. The van der Waals surface area contributed by atoms with Crippen LogP contribution in [0.3, 0.4) is 0 Å². The molecule has 1 unspecified atom stereocenters. The molecule has 0 spiro atoms. The van der Waals surface area contributed by atoms with Gasteiger partial charge in [-0.15, -0.1) is 5.10 Å². The second-order valence-corrected chi connectivity index (χ2v) is 9.78. The molecule has 3 heterocycles. The predicted octanol–water partition coefficient (Wildman–Crippen LogP) is 2.40. The normalized spacial score (nSPS) is 26.2. The third-order valence-electron chi connectivity index (χ3n) is 6.20. The lowest BCUT2D eigenvalue weighted by atomic mass is 10.2. The van der Waals surface area contributed by atoms with Gasteiger partial charge in [0, 0.05) is 37.2 Å². The summed E-state index contributed by atoms with van der Waals surface area (Å²) in [5, 5.41) is 10.5. The summed E-state index contributed by atoms with van der Waals surface area (Å²) in [7, 11) is 0. The number of rotatable bonds is 5. The lowest BCUT2D eigenvalue weighted by Gasteiger charge is -2.25. The quantitative estimate of drug-likeness (QED) is 0.734. The molecule has 2 aliphatic heterocycles. The van der Waals surface area contributed by atoms with E-state index < -0.39 is 23.6 Å². The Morgan fingerprint density at radius 3 is 2.67 bits per heavy atom. The van der Waals surface area contributed by atoms with Gasteiger partial charge < -0.3 is 19.7 Å². The van der Waals surface area contributed by atoms with Crippen molar-refractivity contribution < 1.29 is 23.5 Å². The molecule has 10 nitrogen and oxygen atoms in total. The number of nitrogens with one attached hydrogen (secondary N) is 1. The van der Waals surface area contributed by atoms with Crippen LogP contribution in [-0.4, -0.2) is 64.6 Å². The van der Waals surface area contributed by atoms with Crippen molar-refractivity contribution in [1.82, 2.24) is 20.3 Å². The fraction of sp³-hybridized carbons (Fsp3) is 0.545. The van der Waals surface area contributed by atoms with Crippen LogP contribution in [0.5, 0.6) is 0 Å². The van der Waals surface area contributed by atoms with Crippen LogP contribution in [0, 0.1) is 17.7 Å². The molecule has 1 aromatic heterocycles. The first kappa shape index (κ1) is 21.5. The minimum atomic E-state index is -0.539. The molecule has 33 heavy (non-hydrogen) atoms. The average Bonchev–Trinajstić information content (AvgIpc) is 3.20. The molecule has 1 aromatic carbocycles. The van der Waals surface area contributed by atoms with Crippen molar-refractivity contribution in [3.8, 4) is 0 Å². The van der Waals surface area contributed by atoms with Crippen LogP contribution in [0.1, 0.15) is 20.8 Å². The third-order valence-corrected chi connectivity index (χ3v) is 6.20. The summed E-state index contributed by atoms with van der Waals surface area (Å²) in [6, 6.07) is 4.87. The van der Waals surface area contributed by atoms with Gasteiger partial charge in [0.15, 0.2) is 0 Å². The van der Waals surface area contributed by atoms with E-state index in [0.29, 0.717) is 37.6 Å². The van der Waals surface area contributed by atoms with E-state index in [1.165, 1.54) is 11.0 Å². The van der Waals surface area contributed by atoms with E-state index >= 15 is 0 Å². The Bertz CT molecular complexity index is 1040. The van der Waals surface area contributed by atoms with E-state index in [-0.39, 0.29) is 24.0 Å². The van der Waals surface area contributed by atoms with Gasteiger partial charge in [0.1, 0.15) is 17.5 Å². The number of piperidine rings is 1. The Hall–Kier alpha value is -3.37. The molecule has 2 amide bonds. The fourth-order valence-electron chi connectivity index (χ4n) is 4.67. The highest BCUT2D eigenvalue weighted by atomic mass is 19.1. The highest BCUT2D eigenvalue weighted by Gasteiger charge is 2.57. The van der Waals surface area contributed by atoms with Crippen molar-refractivity contribution >= 4 is 23.6 Å². The van der Waals surface area contributed by atoms with Gasteiger partial charge in [-0.05, 0) is 39.0 Å². The first-order valence-electron chi connectivity index (χ1n) is 11.0. The number of amides is 2. The maximum Gasteiger partial charge on any atom is 0.414 e. The molecule has 3 aliphatic rings. The second kappa shape index (κ2) is 7.89. The standard InChI is InChI=1S/C22H27FN6O4/c1-22(2,3)33-20(30)25-19-15-11-27(12-16(15)19)18-5-4-13(8-17(18)23)29-10-14(32-21(29)31)9-28-7-6-24-26-28/h4-8,14-16,19H,9-12H2,1-3H3,(H,25,30)/t14-,15-,16+,19?/m0/s1. The number of aromatic nitrogens is 3. The summed E-state index contributed by atoms with van der Waals surface area (Å²) >= 11 is 0. The van der Waals surface area contributed by atoms with E-state index in [1.54, 1.807) is 29.2 Å². The number of benzene rings is 1. The number of carbonyl (C=O) groups excluding carboxylic acids is 2. The van der Waals surface area contributed by atoms with Crippen LogP contribution >= 0.6 is 0 Å². The van der Waals surface area contributed by atoms with Crippen molar-refractivity contribution in [2.24, 2.45) is 11.8 Å². The lowest BCUT2D eigenvalue weighted by Crippen LogP contribution is -2.38. The van der Waals surface area contributed by atoms with Crippen LogP contribution in [0.2, 0.25) is 0 Å². The monoisotopic (exact) mass is 458 g/mol. The van der Waals surface area contributed by atoms with Gasteiger partial charge in [-0.1, -0.05) is 5.21 Å². The molecule has 5 rings (SSSR count). The maximum absolute atomic E-state index is 15.0. The molecule has 2 aromatic rings. The largest absolute Gasteiger partial charge is 0.444 e. The Morgan fingerprint density at radius 2 is 2.03 bits per heavy atom. The minimum absolute atomic E-state index is 0.0692. The zero-order chi connectivity index (χ0) is 23.3. The summed E-state index contributed by atoms with van der Waals surface area (Å²) < 4.78 is 27.3. The number of hydrogen-bond donors (Lipinski definition) is 1. The number of carbonyl (C=O) groups is 2. The van der Waals surface area contributed by atoms with Crippen molar-refractivity contribution in [3.63, 3.8) is 0 Å². The van der Waals surface area contributed by atoms with Gasteiger partial charge in [-0.2, -0.15) is 0 Å². The molecular weight excluding hydrogens is 431 g/mol. The Kier molecular flexibility index (Phi) is 5.13. The minimum Gasteiger partial charge on any atom is -0.444 e. The van der Waals surface area contributed by atoms with Crippen molar-refractivity contribution in [2.45, 2.75) is 45.1 Å². The summed E-state index contributed by atoms with van der Waals surface area (Å²) in [5.41, 5.74) is 0.410. The number of anilines is 2. The maximum atomic E-state index is 15.0. The predicted molar refractivity (Wildman–Crippen MR) is 116 cm³/mol. The zero-order valence-electron chi connectivity index (χ0n) is 18.8. The highest BCUT2D eigenvalue weighted by Crippen LogP contribution is 2.47. The molecule has 1 saturated carbocycles. The average molecular weight is 458 g/mol. The van der Waals surface area contributed by atoms with Crippen LogP contribution < -0.4 is 15.1 Å². The molecular formula is C22H27FN6O4. The molecule has 1 N–H and O–H groups in total. The van der Waals surface area contributed by atoms with E-state index in [0.717, 1.165) is 0 Å². The van der Waals surface area contributed by atoms with E-state index in [1.807, 2.05) is 25.7 Å². The summed E-state index contributed by atoms with van der Waals surface area (Å²) in [4.78, 5) is 27.7. The molecule has 11 heteroatoms. The summed E-state index contributed by atoms with van der Waals surface area (Å²) in [6.45, 7) is 7.50. The first-order chi connectivity index (χ1) is 15.7. The number of ether oxygens (including phenoxy) is 2. The SMILES string of the molecule is CC(C)(C)OC(=O)NC1[C@H]2CN(c3ccc(N4C[C@H](Cn5ccnn5)OC4=O)cc3F)C[C@@H]12. The molecule has 0 bridgehead atoms. The number of fused-ring (bicyclic) bond motifs is 1. The van der Waals surface area contributed by atoms with Crippen molar-refractivity contribution in [2.75, 3.05) is 29.4 Å². The molecule has 4 atom stereocenters. The van der Waals surface area contributed by atoms with Gasteiger partial charge in [-0.3, -0.25) is 4.90 Å². The first-order valence-corrected chi connectivity index (χ1v) is 11.0. The van der Waals surface area contributed by atoms with E-state index in [4.69, 9.17) is 9.47 Å². The van der Waals surface area contributed by atoms with Gasteiger partial charge in [0.05, 0.1) is 30.7 Å². The van der Waals surface area contributed by atoms with Crippen LogP contribution in [0.25, 0.3) is 0 Å². The smallest absolute Gasteiger partial charge is 0.414 e. The number of hydrogen-bond acceptors (Lipinski definition) is 7. The molecule has 0 radical (unpaired) electrons. The lowest BCUT2D eigenvalue weighted by molar-refractivity contribution is 0.0518. The number of nitrogens with zero attached hydrogens (tertiary/aromatic N) is 5. The number of cyclic esters (lactones) is 1. The molecule has 1 aliphatic carbocycles.